The molecule has 1 aliphatic carbocycles. The molecule has 0 aromatic carbocycles. The largest absolute Gasteiger partial charge is 0.381 e. The van der Waals surface area contributed by atoms with E-state index in [2.05, 4.69) is 37.8 Å². The fraction of sp³-hybridized carbons (Fsp3) is 0.391. The van der Waals surface area contributed by atoms with Gasteiger partial charge in [-0.2, -0.15) is 0 Å². The van der Waals surface area contributed by atoms with Crippen molar-refractivity contribution in [2.45, 2.75) is 49.1 Å². The number of nitrogens with two attached hydrogens (primary N) is 2. The molecule has 8 heteroatoms. The highest BCUT2D eigenvalue weighted by Crippen LogP contribution is 2.50. The number of fused-ring (bicyclic) bond motifs is 1. The highest BCUT2D eigenvalue weighted by atomic mass is 32.2. The van der Waals surface area contributed by atoms with Crippen molar-refractivity contribution >= 4 is 23.4 Å². The number of hydrogen-bond acceptors (Lipinski definition) is 8. The van der Waals surface area contributed by atoms with Gasteiger partial charge in [0, 0.05) is 47.8 Å². The van der Waals surface area contributed by atoms with Crippen LogP contribution in [0, 0.1) is 19.3 Å². The normalized spacial score (nSPS) is 19.6. The lowest BCUT2D eigenvalue weighted by molar-refractivity contribution is 0.186. The highest BCUT2D eigenvalue weighted by Gasteiger charge is 2.46. The number of piperidine rings is 1. The number of nitrogen functional groups attached to an aromatic ring is 1. The summed E-state index contributed by atoms with van der Waals surface area (Å²) in [6.07, 6.45) is 8.51. The SMILES string of the molecule is Cc1nccc(Sc2ncc(N3CCC4(CC3)Cc3ncccc3[C@H]4N)nc2N)c1C. The summed E-state index contributed by atoms with van der Waals surface area (Å²) in [6, 6.07) is 6.16. The molecule has 0 amide bonds. The molecule has 0 saturated carbocycles. The van der Waals surface area contributed by atoms with Crippen molar-refractivity contribution in [2.24, 2.45) is 11.1 Å². The van der Waals surface area contributed by atoms with E-state index in [1.54, 1.807) is 0 Å². The summed E-state index contributed by atoms with van der Waals surface area (Å²) < 4.78 is 0. The Morgan fingerprint density at radius 2 is 1.90 bits per heavy atom. The summed E-state index contributed by atoms with van der Waals surface area (Å²) in [4.78, 5) is 21.6. The van der Waals surface area contributed by atoms with Crippen LogP contribution in [0.2, 0.25) is 0 Å². The molecule has 5 rings (SSSR count). The Kier molecular flexibility index (Phi) is 5.06. The zero-order chi connectivity index (χ0) is 21.6. The molecule has 1 spiro atoms. The van der Waals surface area contributed by atoms with Crippen LogP contribution in [0.25, 0.3) is 0 Å². The van der Waals surface area contributed by atoms with Gasteiger partial charge in [-0.3, -0.25) is 9.97 Å². The Morgan fingerprint density at radius 3 is 2.65 bits per heavy atom. The van der Waals surface area contributed by atoms with E-state index in [-0.39, 0.29) is 11.5 Å². The fourth-order valence-corrected chi connectivity index (χ4v) is 5.66. The summed E-state index contributed by atoms with van der Waals surface area (Å²) >= 11 is 1.54. The summed E-state index contributed by atoms with van der Waals surface area (Å²) in [5.74, 6) is 1.30. The zero-order valence-electron chi connectivity index (χ0n) is 17.9. The number of hydrogen-bond donors (Lipinski definition) is 2. The second kappa shape index (κ2) is 7.76. The van der Waals surface area contributed by atoms with Crippen LogP contribution in [0.3, 0.4) is 0 Å². The minimum absolute atomic E-state index is 0.0559. The lowest BCUT2D eigenvalue weighted by Gasteiger charge is -2.42. The van der Waals surface area contributed by atoms with Crippen LogP contribution in [-0.2, 0) is 6.42 Å². The van der Waals surface area contributed by atoms with E-state index < -0.39 is 0 Å². The van der Waals surface area contributed by atoms with Crippen LogP contribution in [0.1, 0.15) is 41.4 Å². The summed E-state index contributed by atoms with van der Waals surface area (Å²) in [7, 11) is 0. The van der Waals surface area contributed by atoms with Gasteiger partial charge in [-0.25, -0.2) is 9.97 Å². The van der Waals surface area contributed by atoms with Crippen molar-refractivity contribution in [3.05, 3.63) is 59.3 Å². The van der Waals surface area contributed by atoms with Gasteiger partial charge in [0.05, 0.1) is 6.20 Å². The lowest BCUT2D eigenvalue weighted by Crippen LogP contribution is -2.44. The first-order chi connectivity index (χ1) is 15.0. The fourth-order valence-electron chi connectivity index (χ4n) is 4.77. The molecule has 4 heterocycles. The number of aromatic nitrogens is 4. The first-order valence-corrected chi connectivity index (χ1v) is 11.5. The predicted molar refractivity (Wildman–Crippen MR) is 123 cm³/mol. The van der Waals surface area contributed by atoms with Crippen molar-refractivity contribution in [3.63, 3.8) is 0 Å². The minimum Gasteiger partial charge on any atom is -0.381 e. The zero-order valence-corrected chi connectivity index (χ0v) is 18.7. The van der Waals surface area contributed by atoms with Crippen LogP contribution in [0.4, 0.5) is 11.6 Å². The minimum atomic E-state index is 0.0559. The third kappa shape index (κ3) is 3.53. The molecule has 7 nitrogen and oxygen atoms in total. The molecule has 0 unspecified atom stereocenters. The van der Waals surface area contributed by atoms with E-state index >= 15 is 0 Å². The molecule has 1 fully saturated rings. The molecule has 1 aliphatic heterocycles. The van der Waals surface area contributed by atoms with Crippen LogP contribution in [-0.4, -0.2) is 33.0 Å². The van der Waals surface area contributed by atoms with Crippen molar-refractivity contribution < 1.29 is 0 Å². The third-order valence-electron chi connectivity index (χ3n) is 6.89. The number of pyridine rings is 2. The molecular formula is C23H27N7S. The summed E-state index contributed by atoms with van der Waals surface area (Å²) in [6.45, 7) is 5.86. The third-order valence-corrected chi connectivity index (χ3v) is 8.06. The molecule has 31 heavy (non-hydrogen) atoms. The van der Waals surface area contributed by atoms with E-state index in [0.717, 1.165) is 65.0 Å². The first kappa shape index (κ1) is 20.2. The van der Waals surface area contributed by atoms with Gasteiger partial charge in [-0.1, -0.05) is 17.8 Å². The maximum absolute atomic E-state index is 6.67. The van der Waals surface area contributed by atoms with Crippen molar-refractivity contribution in [2.75, 3.05) is 23.7 Å². The van der Waals surface area contributed by atoms with Crippen molar-refractivity contribution in [1.29, 1.82) is 0 Å². The standard InChI is InChI=1S/C23H27N7S/c1-14-15(2)26-9-5-18(14)31-22-21(25)29-19(13-28-22)30-10-6-23(7-11-30)12-17-16(20(23)24)4-3-8-27-17/h3-5,8-9,13,20H,6-7,10-12,24H2,1-2H3,(H2,25,29)/t20-/m1/s1. The Hall–Kier alpha value is -2.71. The van der Waals surface area contributed by atoms with E-state index in [1.165, 1.54) is 17.3 Å². The van der Waals surface area contributed by atoms with Gasteiger partial charge in [-0.05, 0) is 61.8 Å². The van der Waals surface area contributed by atoms with E-state index in [0.29, 0.717) is 5.82 Å². The second-order valence-electron chi connectivity index (χ2n) is 8.58. The van der Waals surface area contributed by atoms with Gasteiger partial charge in [0.2, 0.25) is 0 Å². The smallest absolute Gasteiger partial charge is 0.158 e. The molecule has 1 saturated heterocycles. The second-order valence-corrected chi connectivity index (χ2v) is 9.61. The molecule has 1 atom stereocenters. The molecule has 0 radical (unpaired) electrons. The first-order valence-electron chi connectivity index (χ1n) is 10.6. The molecule has 0 bridgehead atoms. The molecule has 3 aromatic rings. The van der Waals surface area contributed by atoms with Crippen LogP contribution >= 0.6 is 11.8 Å². The maximum Gasteiger partial charge on any atom is 0.158 e. The summed E-state index contributed by atoms with van der Waals surface area (Å²) in [5.41, 5.74) is 17.6. The average molecular weight is 434 g/mol. The van der Waals surface area contributed by atoms with Gasteiger partial charge in [0.15, 0.2) is 5.82 Å². The van der Waals surface area contributed by atoms with E-state index in [9.17, 15) is 0 Å². The van der Waals surface area contributed by atoms with Crippen LogP contribution in [0.5, 0.6) is 0 Å². The van der Waals surface area contributed by atoms with Gasteiger partial charge in [0.1, 0.15) is 10.8 Å². The highest BCUT2D eigenvalue weighted by molar-refractivity contribution is 7.99. The average Bonchev–Trinajstić information content (AvgIpc) is 3.05. The maximum atomic E-state index is 6.67. The quantitative estimate of drug-likeness (QED) is 0.647. The van der Waals surface area contributed by atoms with Gasteiger partial charge in [-0.15, -0.1) is 0 Å². The Balaban J connectivity index is 1.29. The van der Waals surface area contributed by atoms with Crippen molar-refractivity contribution in [3.8, 4) is 0 Å². The molecule has 160 valence electrons. The molecule has 2 aliphatic rings. The topological polar surface area (TPSA) is 107 Å². The number of nitrogens with zero attached hydrogens (tertiary/aromatic N) is 5. The van der Waals surface area contributed by atoms with Gasteiger partial charge in [0.25, 0.3) is 0 Å². The molecule has 3 aromatic heterocycles. The predicted octanol–water partition coefficient (Wildman–Crippen LogP) is 3.46. The monoisotopic (exact) mass is 433 g/mol. The Morgan fingerprint density at radius 1 is 1.10 bits per heavy atom. The number of aryl methyl sites for hydroxylation is 1. The molecule has 4 N–H and O–H groups in total. The van der Waals surface area contributed by atoms with Crippen LogP contribution in [0.15, 0.2) is 46.7 Å². The Labute approximate surface area is 186 Å². The van der Waals surface area contributed by atoms with Crippen molar-refractivity contribution in [1.82, 2.24) is 19.9 Å². The summed E-state index contributed by atoms with van der Waals surface area (Å²) in [5, 5.41) is 0.727. The molecular weight excluding hydrogens is 406 g/mol. The Bertz CT molecular complexity index is 1120. The lowest BCUT2D eigenvalue weighted by atomic mass is 9.73. The van der Waals surface area contributed by atoms with Gasteiger partial charge >= 0.3 is 0 Å². The van der Waals surface area contributed by atoms with E-state index in [4.69, 9.17) is 11.5 Å². The van der Waals surface area contributed by atoms with Crippen LogP contribution < -0.4 is 16.4 Å². The van der Waals surface area contributed by atoms with E-state index in [1.807, 2.05) is 37.6 Å². The number of rotatable bonds is 3. The number of anilines is 2. The van der Waals surface area contributed by atoms with Gasteiger partial charge < -0.3 is 16.4 Å².